The van der Waals surface area contributed by atoms with Crippen molar-refractivity contribution in [3.8, 4) is 11.8 Å². The third kappa shape index (κ3) is 3.39. The van der Waals surface area contributed by atoms with Gasteiger partial charge in [0.25, 0.3) is 0 Å². The van der Waals surface area contributed by atoms with Crippen LogP contribution < -0.4 is 15.4 Å². The second-order valence-electron chi connectivity index (χ2n) is 8.69. The third-order valence-electron chi connectivity index (χ3n) is 6.99. The molecule has 0 radical (unpaired) electrons. The van der Waals surface area contributed by atoms with Crippen LogP contribution in [0.1, 0.15) is 27.4 Å². The molecule has 6 nitrogen and oxygen atoms in total. The molecule has 3 aromatic carbocycles. The Morgan fingerprint density at radius 3 is 2.51 bits per heavy atom. The summed E-state index contributed by atoms with van der Waals surface area (Å²) in [6, 6.07) is 22.0. The first kappa shape index (κ1) is 22.7. The lowest BCUT2D eigenvalue weighted by Gasteiger charge is -2.36. The third-order valence-corrected chi connectivity index (χ3v) is 7.24. The van der Waals surface area contributed by atoms with Gasteiger partial charge in [-0.05, 0) is 41.5 Å². The maximum Gasteiger partial charge on any atom is 0.241 e. The molecule has 0 spiro atoms. The first-order valence-corrected chi connectivity index (χ1v) is 11.5. The maximum atomic E-state index is 14.2. The van der Waals surface area contributed by atoms with Crippen LogP contribution in [0.3, 0.4) is 0 Å². The lowest BCUT2D eigenvalue weighted by Crippen LogP contribution is -2.49. The molecule has 2 aliphatic rings. The molecule has 0 bridgehead atoms. The minimum atomic E-state index is -1.70. The monoisotopic (exact) mass is 483 g/mol. The number of carbonyl (C=O) groups is 2. The van der Waals surface area contributed by atoms with Gasteiger partial charge in [-0.2, -0.15) is 5.26 Å². The lowest BCUT2D eigenvalue weighted by molar-refractivity contribution is -0.125. The Bertz CT molecular complexity index is 1400. The molecule has 2 N–H and O–H groups in total. The van der Waals surface area contributed by atoms with Crippen LogP contribution in [-0.2, 0) is 4.79 Å². The van der Waals surface area contributed by atoms with Crippen molar-refractivity contribution in [3.05, 3.63) is 101 Å². The predicted octanol–water partition coefficient (Wildman–Crippen LogP) is 4.59. The van der Waals surface area contributed by atoms with Gasteiger partial charge in [0.1, 0.15) is 11.8 Å². The smallest absolute Gasteiger partial charge is 0.241 e. The number of nitrogens with two attached hydrogens (primary N) is 1. The van der Waals surface area contributed by atoms with Gasteiger partial charge >= 0.3 is 0 Å². The summed E-state index contributed by atoms with van der Waals surface area (Å²) in [7, 11) is 1.53. The number of para-hydroxylation sites is 1. The molecule has 0 saturated carbocycles. The van der Waals surface area contributed by atoms with Gasteiger partial charge in [-0.3, -0.25) is 9.59 Å². The highest BCUT2D eigenvalue weighted by Gasteiger charge is 2.65. The molecule has 2 aliphatic heterocycles. The van der Waals surface area contributed by atoms with Crippen LogP contribution in [0.2, 0.25) is 5.02 Å². The minimum absolute atomic E-state index is 0.239. The zero-order valence-corrected chi connectivity index (χ0v) is 19.6. The van der Waals surface area contributed by atoms with E-state index in [4.69, 9.17) is 22.1 Å². The van der Waals surface area contributed by atoms with Crippen molar-refractivity contribution in [1.29, 1.82) is 5.26 Å². The zero-order valence-electron chi connectivity index (χ0n) is 18.9. The number of amides is 1. The molecule has 5 rings (SSSR count). The van der Waals surface area contributed by atoms with Crippen molar-refractivity contribution >= 4 is 35.1 Å². The number of fused-ring (bicyclic) bond motifs is 3. The Hall–Kier alpha value is -4.08. The fourth-order valence-electron chi connectivity index (χ4n) is 5.42. The topological polar surface area (TPSA) is 96.4 Å². The van der Waals surface area contributed by atoms with Crippen molar-refractivity contribution in [2.24, 2.45) is 11.1 Å². The van der Waals surface area contributed by atoms with Gasteiger partial charge in [-0.15, -0.1) is 0 Å². The number of ketones is 1. The molecule has 0 unspecified atom stereocenters. The number of nitriles is 1. The van der Waals surface area contributed by atoms with Crippen molar-refractivity contribution in [2.45, 2.75) is 18.0 Å². The average Bonchev–Trinajstić information content (AvgIpc) is 3.20. The van der Waals surface area contributed by atoms with Crippen LogP contribution in [0, 0.1) is 16.7 Å². The van der Waals surface area contributed by atoms with Gasteiger partial charge in [-0.25, -0.2) is 0 Å². The van der Waals surface area contributed by atoms with E-state index in [1.54, 1.807) is 54.6 Å². The van der Waals surface area contributed by atoms with E-state index >= 15 is 0 Å². The molecule has 3 aromatic rings. The summed E-state index contributed by atoms with van der Waals surface area (Å²) in [5.41, 5.74) is 7.00. The van der Waals surface area contributed by atoms with E-state index in [0.29, 0.717) is 21.9 Å². The number of methoxy groups -OCH3 is 1. The van der Waals surface area contributed by atoms with E-state index in [9.17, 15) is 14.9 Å². The fraction of sp³-hybridized carbons (Fsp3) is 0.179. The Labute approximate surface area is 208 Å². The SMILES string of the molecule is COc1cccc(C(=O)[C@@H]2[C@H](c3ccc(Cl)cc3)[C@@](C#N)(C(N)=O)[C@@H]3C=Cc4ccccc4N23)c1. The molecule has 2 heterocycles. The van der Waals surface area contributed by atoms with Gasteiger partial charge in [0, 0.05) is 22.2 Å². The molecule has 1 fully saturated rings. The summed E-state index contributed by atoms with van der Waals surface area (Å²) in [4.78, 5) is 29.3. The Morgan fingerprint density at radius 2 is 1.83 bits per heavy atom. The maximum absolute atomic E-state index is 14.2. The van der Waals surface area contributed by atoms with Crippen LogP contribution in [0.25, 0.3) is 6.08 Å². The van der Waals surface area contributed by atoms with Gasteiger partial charge in [0.2, 0.25) is 5.91 Å². The lowest BCUT2D eigenvalue weighted by atomic mass is 9.67. The average molecular weight is 484 g/mol. The van der Waals surface area contributed by atoms with E-state index in [0.717, 1.165) is 11.3 Å². The number of hydrogen-bond acceptors (Lipinski definition) is 5. The second-order valence-corrected chi connectivity index (χ2v) is 9.12. The number of rotatable bonds is 5. The predicted molar refractivity (Wildman–Crippen MR) is 134 cm³/mol. The van der Waals surface area contributed by atoms with E-state index in [-0.39, 0.29) is 5.78 Å². The molecule has 1 saturated heterocycles. The Morgan fingerprint density at radius 1 is 1.09 bits per heavy atom. The molecular formula is C28H22ClN3O3. The van der Waals surface area contributed by atoms with Crippen molar-refractivity contribution in [3.63, 3.8) is 0 Å². The molecule has 4 atom stereocenters. The Kier molecular flexibility index (Phi) is 5.58. The number of primary amides is 1. The van der Waals surface area contributed by atoms with Crippen molar-refractivity contribution in [2.75, 3.05) is 12.0 Å². The quantitative estimate of drug-likeness (QED) is 0.535. The highest BCUT2D eigenvalue weighted by atomic mass is 35.5. The number of nitrogens with zero attached hydrogens (tertiary/aromatic N) is 2. The highest BCUT2D eigenvalue weighted by molar-refractivity contribution is 6.30. The van der Waals surface area contributed by atoms with E-state index in [2.05, 4.69) is 6.07 Å². The molecule has 35 heavy (non-hydrogen) atoms. The summed E-state index contributed by atoms with van der Waals surface area (Å²) in [5, 5.41) is 11.1. The van der Waals surface area contributed by atoms with Gasteiger partial charge in [-0.1, -0.05) is 66.2 Å². The van der Waals surface area contributed by atoms with Gasteiger partial charge < -0.3 is 15.4 Å². The number of ether oxygens (including phenoxy) is 1. The summed E-state index contributed by atoms with van der Waals surface area (Å²) < 4.78 is 5.34. The van der Waals surface area contributed by atoms with Crippen LogP contribution in [0.4, 0.5) is 5.69 Å². The molecular weight excluding hydrogens is 462 g/mol. The first-order valence-electron chi connectivity index (χ1n) is 11.1. The van der Waals surface area contributed by atoms with Crippen LogP contribution in [-0.4, -0.2) is 30.9 Å². The highest BCUT2D eigenvalue weighted by Crippen LogP contribution is 2.55. The Balaban J connectivity index is 1.80. The van der Waals surface area contributed by atoms with E-state index in [1.807, 2.05) is 35.2 Å². The molecule has 0 aromatic heterocycles. The van der Waals surface area contributed by atoms with Crippen molar-refractivity contribution in [1.82, 2.24) is 0 Å². The summed E-state index contributed by atoms with van der Waals surface area (Å²) in [6.45, 7) is 0. The molecule has 0 aliphatic carbocycles. The number of benzene rings is 3. The summed E-state index contributed by atoms with van der Waals surface area (Å²) >= 11 is 6.14. The van der Waals surface area contributed by atoms with Crippen LogP contribution >= 0.6 is 11.6 Å². The standard InChI is InChI=1S/C28H22ClN3O3/c1-35-21-7-4-6-19(15-21)26(33)25-24(18-9-12-20(29)13-10-18)28(16-30,27(31)34)23-14-11-17-5-2-3-8-22(17)32(23)25/h2-15,23-25H,1H3,(H2,31,34)/t23-,24-,25-,28-/m0/s1. The van der Waals surface area contributed by atoms with Gasteiger partial charge in [0.15, 0.2) is 11.2 Å². The minimum Gasteiger partial charge on any atom is -0.497 e. The van der Waals surface area contributed by atoms with Gasteiger partial charge in [0.05, 0.1) is 19.2 Å². The largest absolute Gasteiger partial charge is 0.497 e. The van der Waals surface area contributed by atoms with E-state index < -0.39 is 29.3 Å². The number of carbonyl (C=O) groups excluding carboxylic acids is 2. The molecule has 174 valence electrons. The fourth-order valence-corrected chi connectivity index (χ4v) is 5.54. The van der Waals surface area contributed by atoms with Crippen LogP contribution in [0.5, 0.6) is 5.75 Å². The van der Waals surface area contributed by atoms with Crippen LogP contribution in [0.15, 0.2) is 78.9 Å². The second kappa shape index (κ2) is 8.61. The normalized spacial score (nSPS) is 24.3. The number of halogens is 1. The van der Waals surface area contributed by atoms with Crippen molar-refractivity contribution < 1.29 is 14.3 Å². The summed E-state index contributed by atoms with van der Waals surface area (Å²) in [6.07, 6.45) is 3.68. The number of Topliss-reactive ketones (excluding diaryl/α,β-unsaturated/α-hetero) is 1. The first-order chi connectivity index (χ1) is 16.9. The summed E-state index contributed by atoms with van der Waals surface area (Å²) in [5.74, 6) is -1.33. The zero-order chi connectivity index (χ0) is 24.7. The van der Waals surface area contributed by atoms with E-state index in [1.165, 1.54) is 7.11 Å². The molecule has 7 heteroatoms. The number of anilines is 1. The molecule has 1 amide bonds. The number of hydrogen-bond donors (Lipinski definition) is 1.